The number of amides is 1. The summed E-state index contributed by atoms with van der Waals surface area (Å²) in [5.41, 5.74) is 0.837. The zero-order valence-corrected chi connectivity index (χ0v) is 19.5. The lowest BCUT2D eigenvalue weighted by Crippen LogP contribution is -2.47. The number of ether oxygens (including phenoxy) is 2. The van der Waals surface area contributed by atoms with E-state index in [0.717, 1.165) is 38.9 Å². The van der Waals surface area contributed by atoms with Crippen LogP contribution < -0.4 is 0 Å². The van der Waals surface area contributed by atoms with Gasteiger partial charge < -0.3 is 24.5 Å². The van der Waals surface area contributed by atoms with E-state index >= 15 is 0 Å². The van der Waals surface area contributed by atoms with Gasteiger partial charge in [0, 0.05) is 63.6 Å². The van der Waals surface area contributed by atoms with Crippen LogP contribution in [-0.2, 0) is 20.8 Å². The van der Waals surface area contributed by atoms with Crippen molar-refractivity contribution in [2.45, 2.75) is 52.2 Å². The van der Waals surface area contributed by atoms with Crippen molar-refractivity contribution in [1.82, 2.24) is 14.8 Å². The third kappa shape index (κ3) is 7.04. The summed E-state index contributed by atoms with van der Waals surface area (Å²) in [7, 11) is 1.65. The maximum atomic E-state index is 13.3. The van der Waals surface area contributed by atoms with Crippen LogP contribution in [0, 0.1) is 17.3 Å². The van der Waals surface area contributed by atoms with E-state index in [1.54, 1.807) is 12.0 Å². The van der Waals surface area contributed by atoms with Gasteiger partial charge in [0.05, 0.1) is 19.3 Å². The van der Waals surface area contributed by atoms with E-state index in [1.807, 2.05) is 26.1 Å². The highest BCUT2D eigenvalue weighted by Crippen LogP contribution is 2.32. The van der Waals surface area contributed by atoms with Gasteiger partial charge in [-0.05, 0) is 49.8 Å². The van der Waals surface area contributed by atoms with E-state index in [2.05, 4.69) is 16.0 Å². The van der Waals surface area contributed by atoms with Crippen LogP contribution in [0.3, 0.4) is 0 Å². The summed E-state index contributed by atoms with van der Waals surface area (Å²) in [6, 6.07) is 4.18. The monoisotopic (exact) mass is 435 g/mol. The van der Waals surface area contributed by atoms with Crippen molar-refractivity contribution in [3.63, 3.8) is 0 Å². The Morgan fingerprint density at radius 3 is 2.87 bits per heavy atom. The second-order valence-corrected chi connectivity index (χ2v) is 9.98. The predicted octanol–water partition coefficient (Wildman–Crippen LogP) is 2.52. The Morgan fingerprint density at radius 2 is 2.13 bits per heavy atom. The quantitative estimate of drug-likeness (QED) is 0.743. The molecule has 7 nitrogen and oxygen atoms in total. The molecule has 0 bridgehead atoms. The average molecular weight is 436 g/mol. The summed E-state index contributed by atoms with van der Waals surface area (Å²) < 4.78 is 11.2. The first kappa shape index (κ1) is 24.2. The van der Waals surface area contributed by atoms with Gasteiger partial charge in [-0.2, -0.15) is 0 Å². The molecule has 0 aromatic carbocycles. The number of aliphatic hydroxyl groups is 1. The summed E-state index contributed by atoms with van der Waals surface area (Å²) in [6.07, 6.45) is 4.99. The molecule has 176 valence electrons. The van der Waals surface area contributed by atoms with Crippen LogP contribution in [0.15, 0.2) is 18.3 Å². The van der Waals surface area contributed by atoms with Crippen molar-refractivity contribution in [3.05, 3.63) is 24.0 Å². The smallest absolute Gasteiger partial charge is 0.223 e. The lowest BCUT2D eigenvalue weighted by Gasteiger charge is -2.39. The van der Waals surface area contributed by atoms with Gasteiger partial charge in [-0.3, -0.25) is 9.69 Å². The number of fused-ring (bicyclic) bond motifs is 1. The van der Waals surface area contributed by atoms with Crippen LogP contribution in [0.1, 0.15) is 45.2 Å². The number of methoxy groups -OCH3 is 1. The van der Waals surface area contributed by atoms with Gasteiger partial charge in [-0.25, -0.2) is 0 Å². The van der Waals surface area contributed by atoms with Crippen LogP contribution in [0.25, 0.3) is 0 Å². The molecule has 3 rings (SSSR count). The first-order chi connectivity index (χ1) is 14.9. The molecule has 0 spiro atoms. The number of aliphatic hydroxyl groups excluding tert-OH is 1. The molecule has 0 saturated carbocycles. The molecule has 0 aliphatic carbocycles. The highest BCUT2D eigenvalue weighted by atomic mass is 16.5. The molecule has 1 aromatic heterocycles. The van der Waals surface area contributed by atoms with Crippen LogP contribution in [0.2, 0.25) is 0 Å². The second-order valence-electron chi connectivity index (χ2n) is 9.98. The number of carbonyl (C=O) groups is 1. The van der Waals surface area contributed by atoms with Gasteiger partial charge in [0.25, 0.3) is 0 Å². The number of likely N-dealkylation sites (tertiary alicyclic amines) is 1. The summed E-state index contributed by atoms with van der Waals surface area (Å²) >= 11 is 0. The van der Waals surface area contributed by atoms with E-state index in [9.17, 15) is 9.90 Å². The molecule has 1 aromatic rings. The van der Waals surface area contributed by atoms with Crippen molar-refractivity contribution in [3.8, 4) is 0 Å². The summed E-state index contributed by atoms with van der Waals surface area (Å²) in [6.45, 7) is 9.50. The number of aromatic amines is 1. The third-order valence-electron chi connectivity index (χ3n) is 7.02. The number of rotatable bonds is 5. The fraction of sp³-hybridized carbons (Fsp3) is 0.792. The number of nitrogens with one attached hydrogen (secondary N) is 1. The minimum absolute atomic E-state index is 0.139. The van der Waals surface area contributed by atoms with Gasteiger partial charge >= 0.3 is 0 Å². The Balaban J connectivity index is 1.70. The number of H-pyrrole nitrogens is 1. The minimum atomic E-state index is -0.632. The molecule has 7 heteroatoms. The Morgan fingerprint density at radius 1 is 1.29 bits per heavy atom. The standard InChI is InChI=1S/C24H41N3O4/c1-24(2)18-31-12-5-6-20-15-26(16-21-7-4-9-25-21)10-8-19(20)14-23(29)27(11-13-30-3)17-22(24)28/h4,7,9,19-20,22,25,28H,5-6,8,10-18H2,1-3H3/t19-,20-,22-/m0/s1. The van der Waals surface area contributed by atoms with Crippen molar-refractivity contribution in [1.29, 1.82) is 0 Å². The molecule has 2 aliphatic heterocycles. The van der Waals surface area contributed by atoms with Gasteiger partial charge in [0.1, 0.15) is 0 Å². The first-order valence-corrected chi connectivity index (χ1v) is 11.8. The molecular weight excluding hydrogens is 394 g/mol. The SMILES string of the molecule is COCCN1C[C@H](O)C(C)(C)COCCC[C@H]2CN(Cc3ccc[nH]3)CC[C@H]2CC1=O. The van der Waals surface area contributed by atoms with Crippen molar-refractivity contribution in [2.75, 3.05) is 53.1 Å². The molecule has 0 unspecified atom stereocenters. The topological polar surface area (TPSA) is 78.0 Å². The Labute approximate surface area is 187 Å². The fourth-order valence-corrected chi connectivity index (χ4v) is 4.81. The Kier molecular flexibility index (Phi) is 8.95. The van der Waals surface area contributed by atoms with Gasteiger partial charge in [-0.1, -0.05) is 13.8 Å². The maximum Gasteiger partial charge on any atom is 0.223 e. The molecule has 3 heterocycles. The van der Waals surface area contributed by atoms with Crippen LogP contribution in [-0.4, -0.2) is 85.0 Å². The van der Waals surface area contributed by atoms with Crippen molar-refractivity contribution >= 4 is 5.91 Å². The minimum Gasteiger partial charge on any atom is -0.391 e. The summed E-state index contributed by atoms with van der Waals surface area (Å²) in [4.78, 5) is 20.9. The van der Waals surface area contributed by atoms with Gasteiger partial charge in [0.2, 0.25) is 5.91 Å². The molecule has 2 saturated heterocycles. The molecule has 2 aliphatic rings. The zero-order valence-electron chi connectivity index (χ0n) is 19.5. The highest BCUT2D eigenvalue weighted by molar-refractivity contribution is 5.76. The number of hydrogen-bond acceptors (Lipinski definition) is 5. The van der Waals surface area contributed by atoms with Crippen LogP contribution in [0.5, 0.6) is 0 Å². The lowest BCUT2D eigenvalue weighted by atomic mass is 9.80. The number of carbonyl (C=O) groups excluding carboxylic acids is 1. The highest BCUT2D eigenvalue weighted by Gasteiger charge is 2.35. The molecule has 31 heavy (non-hydrogen) atoms. The predicted molar refractivity (Wildman–Crippen MR) is 121 cm³/mol. The number of nitrogens with zero attached hydrogens (tertiary/aromatic N) is 2. The normalized spacial score (nSPS) is 29.0. The van der Waals surface area contributed by atoms with E-state index in [0.29, 0.717) is 51.2 Å². The van der Waals surface area contributed by atoms with E-state index < -0.39 is 11.5 Å². The maximum absolute atomic E-state index is 13.3. The lowest BCUT2D eigenvalue weighted by molar-refractivity contribution is -0.137. The van der Waals surface area contributed by atoms with Gasteiger partial charge in [-0.15, -0.1) is 0 Å². The summed E-state index contributed by atoms with van der Waals surface area (Å²) in [5.74, 6) is 1.00. The van der Waals surface area contributed by atoms with Crippen LogP contribution in [0.4, 0.5) is 0 Å². The average Bonchev–Trinajstić information content (AvgIpc) is 3.24. The first-order valence-electron chi connectivity index (χ1n) is 11.8. The van der Waals surface area contributed by atoms with E-state index in [1.165, 1.54) is 5.69 Å². The molecular formula is C24H41N3O4. The molecule has 3 atom stereocenters. The van der Waals surface area contributed by atoms with Crippen molar-refractivity contribution in [2.24, 2.45) is 17.3 Å². The Hall–Kier alpha value is -1.41. The number of aromatic nitrogens is 1. The zero-order chi connectivity index (χ0) is 22.3. The molecule has 0 radical (unpaired) electrons. The fourth-order valence-electron chi connectivity index (χ4n) is 4.81. The van der Waals surface area contributed by atoms with Gasteiger partial charge in [0.15, 0.2) is 0 Å². The second kappa shape index (κ2) is 11.5. The number of piperidine rings is 1. The third-order valence-corrected chi connectivity index (χ3v) is 7.02. The molecule has 2 N–H and O–H groups in total. The number of hydrogen-bond donors (Lipinski definition) is 2. The largest absolute Gasteiger partial charge is 0.391 e. The Bertz CT molecular complexity index is 664. The van der Waals surface area contributed by atoms with Crippen molar-refractivity contribution < 1.29 is 19.4 Å². The summed E-state index contributed by atoms with van der Waals surface area (Å²) in [5, 5.41) is 10.8. The van der Waals surface area contributed by atoms with Crippen LogP contribution >= 0.6 is 0 Å². The van der Waals surface area contributed by atoms with E-state index in [4.69, 9.17) is 9.47 Å². The molecule has 1 amide bonds. The number of β-amino-alcohol motifs (C(OH)–C–C–N with tert-alkyl or cyclic N) is 1. The van der Waals surface area contributed by atoms with E-state index in [-0.39, 0.29) is 5.91 Å². The molecule has 2 fully saturated rings.